The van der Waals surface area contributed by atoms with E-state index in [1.165, 1.54) is 0 Å². The van der Waals surface area contributed by atoms with Gasteiger partial charge in [0.1, 0.15) is 11.5 Å². The number of aryl methyl sites for hydroxylation is 4. The molecule has 0 saturated carbocycles. The van der Waals surface area contributed by atoms with E-state index in [0.29, 0.717) is 53.7 Å². The first-order valence-corrected chi connectivity index (χ1v) is 17.8. The largest absolute Gasteiger partial charge is 0.488 e. The summed E-state index contributed by atoms with van der Waals surface area (Å²) < 4.78 is 13.5. The van der Waals surface area contributed by atoms with Crippen LogP contribution in [0.3, 0.4) is 0 Å². The molecule has 2 aliphatic rings. The van der Waals surface area contributed by atoms with Gasteiger partial charge in [-0.25, -0.2) is 4.79 Å². The van der Waals surface area contributed by atoms with Crippen LogP contribution in [0.15, 0.2) is 133 Å². The zero-order chi connectivity index (χ0) is 36.3. The summed E-state index contributed by atoms with van der Waals surface area (Å²) in [7, 11) is -3.05. The second kappa shape index (κ2) is 13.1. The third kappa shape index (κ3) is 5.52. The summed E-state index contributed by atoms with van der Waals surface area (Å²) in [4.78, 5) is 13.6. The minimum atomic E-state index is -1.52. The van der Waals surface area contributed by atoms with Gasteiger partial charge in [0.2, 0.25) is 0 Å². The lowest BCUT2D eigenvalue weighted by atomic mass is 9.75. The molecule has 7 aromatic carbocycles. The van der Waals surface area contributed by atoms with E-state index in [-0.39, 0.29) is 5.97 Å². The Kier molecular flexibility index (Phi) is 8.17. The Morgan fingerprint density at radius 2 is 1.00 bits per heavy atom. The lowest BCUT2D eigenvalue weighted by Gasteiger charge is -2.37. The average Bonchev–Trinajstić information content (AvgIpc) is 3.48. The second-order valence-electron chi connectivity index (χ2n) is 13.9. The van der Waals surface area contributed by atoms with Crippen molar-refractivity contribution in [2.45, 2.75) is 31.3 Å². The number of hydrogen-bond donors (Lipinski definition) is 4. The zero-order valence-corrected chi connectivity index (χ0v) is 28.7. The number of carbonyl (C=O) groups excluding carboxylic acids is 1. The summed E-state index contributed by atoms with van der Waals surface area (Å²) >= 11 is 0. The minimum absolute atomic E-state index is 0.383. The number of carbonyl (C=O) groups is 1. The Bertz CT molecular complexity index is 2440. The number of esters is 1. The van der Waals surface area contributed by atoms with Crippen LogP contribution in [0.25, 0.3) is 21.5 Å². The SMILES string of the molecule is O=C1OC2(c3ccccc31)c1ccc3cc(CCc4ccccc4B(O)O)ccc3c1Oc1c2ccc2cc(CCc3ccccc3B(O)O)ccc12. The van der Waals surface area contributed by atoms with E-state index >= 15 is 0 Å². The van der Waals surface area contributed by atoms with Gasteiger partial charge in [0.15, 0.2) is 5.60 Å². The monoisotopic (exact) mass is 696 g/mol. The Balaban J connectivity index is 1.13. The van der Waals surface area contributed by atoms with Crippen LogP contribution in [0.4, 0.5) is 0 Å². The predicted molar refractivity (Wildman–Crippen MR) is 207 cm³/mol. The van der Waals surface area contributed by atoms with Crippen LogP contribution in [0.1, 0.15) is 49.3 Å². The summed E-state index contributed by atoms with van der Waals surface area (Å²) in [5.74, 6) is 0.887. The fraction of sp³-hybridized carbons (Fsp3) is 0.114. The van der Waals surface area contributed by atoms with Gasteiger partial charge < -0.3 is 29.6 Å². The standard InChI is InChI=1S/C44H34B2O7/c47-43-35-9-3-4-10-36(35)44(53-43)37-23-19-31-25-27(13-17-29-7-1-5-11-39(29)45(48)49)15-21-33(31)41(37)52-42-34-22-16-28(26-32(34)20-24-38(42)44)14-18-30-8-2-6-12-40(30)46(50)51/h1-12,15-16,19-26,48-51H,13-14,17-18H2. The van der Waals surface area contributed by atoms with Crippen molar-refractivity contribution in [1.29, 1.82) is 0 Å². The highest BCUT2D eigenvalue weighted by Crippen LogP contribution is 2.58. The van der Waals surface area contributed by atoms with E-state index in [2.05, 4.69) is 48.5 Å². The molecule has 7 aromatic rings. The molecule has 2 aliphatic heterocycles. The molecule has 0 radical (unpaired) electrons. The number of benzene rings is 7. The third-order valence-electron chi connectivity index (χ3n) is 10.8. The highest BCUT2D eigenvalue weighted by molar-refractivity contribution is 6.59. The van der Waals surface area contributed by atoms with E-state index < -0.39 is 19.8 Å². The number of fused-ring (bicyclic) bond motifs is 10. The molecule has 0 saturated heterocycles. The van der Waals surface area contributed by atoms with E-state index in [4.69, 9.17) is 9.47 Å². The molecule has 0 unspecified atom stereocenters. The van der Waals surface area contributed by atoms with Crippen molar-refractivity contribution in [3.8, 4) is 11.5 Å². The van der Waals surface area contributed by atoms with Gasteiger partial charge in [-0.2, -0.15) is 0 Å². The molecule has 0 fully saturated rings. The van der Waals surface area contributed by atoms with Gasteiger partial charge in [-0.1, -0.05) is 115 Å². The smallest absolute Gasteiger partial charge is 0.455 e. The molecule has 0 bridgehead atoms. The van der Waals surface area contributed by atoms with Crippen molar-refractivity contribution in [3.63, 3.8) is 0 Å². The van der Waals surface area contributed by atoms with Crippen LogP contribution < -0.4 is 15.7 Å². The Labute approximate surface area is 307 Å². The maximum absolute atomic E-state index is 13.6. The fourth-order valence-corrected chi connectivity index (χ4v) is 8.24. The molecule has 7 nitrogen and oxygen atoms in total. The number of rotatable bonds is 8. The average molecular weight is 696 g/mol. The maximum Gasteiger partial charge on any atom is 0.488 e. The Hall–Kier alpha value is -5.70. The lowest BCUT2D eigenvalue weighted by molar-refractivity contribution is 0.0226. The highest BCUT2D eigenvalue weighted by Gasteiger charge is 2.54. The predicted octanol–water partition coefficient (Wildman–Crippen LogP) is 5.49. The molecular formula is C44H34B2O7. The highest BCUT2D eigenvalue weighted by atomic mass is 16.6. The molecule has 258 valence electrons. The van der Waals surface area contributed by atoms with Crippen molar-refractivity contribution >= 4 is 52.7 Å². The first kappa shape index (κ1) is 33.2. The molecule has 4 N–H and O–H groups in total. The molecule has 0 aromatic heterocycles. The summed E-state index contributed by atoms with van der Waals surface area (Å²) in [6.07, 6.45) is 2.70. The Morgan fingerprint density at radius 1 is 0.509 bits per heavy atom. The molecule has 9 rings (SSSR count). The van der Waals surface area contributed by atoms with Gasteiger partial charge in [0.25, 0.3) is 0 Å². The van der Waals surface area contributed by atoms with Crippen LogP contribution in [0.5, 0.6) is 11.5 Å². The van der Waals surface area contributed by atoms with Crippen molar-refractivity contribution < 1.29 is 34.4 Å². The number of hydrogen-bond acceptors (Lipinski definition) is 7. The van der Waals surface area contributed by atoms with Crippen molar-refractivity contribution in [1.82, 2.24) is 0 Å². The van der Waals surface area contributed by atoms with E-state index in [1.807, 2.05) is 60.7 Å². The molecule has 0 atom stereocenters. The quantitative estimate of drug-likeness (QED) is 0.123. The summed E-state index contributed by atoms with van der Waals surface area (Å²) in [5, 5.41) is 43.2. The molecular weight excluding hydrogens is 662 g/mol. The number of ether oxygens (including phenoxy) is 2. The first-order valence-electron chi connectivity index (χ1n) is 17.8. The van der Waals surface area contributed by atoms with Crippen molar-refractivity contribution in [2.24, 2.45) is 0 Å². The maximum atomic E-state index is 13.6. The van der Waals surface area contributed by atoms with Crippen molar-refractivity contribution in [3.05, 3.63) is 178 Å². The fourth-order valence-electron chi connectivity index (χ4n) is 8.24. The molecule has 1 spiro atoms. The van der Waals surface area contributed by atoms with Crippen LogP contribution in [-0.4, -0.2) is 40.3 Å². The zero-order valence-electron chi connectivity index (χ0n) is 28.7. The topological polar surface area (TPSA) is 116 Å². The molecule has 9 heteroatoms. The first-order chi connectivity index (χ1) is 25.8. The van der Waals surface area contributed by atoms with Crippen LogP contribution >= 0.6 is 0 Å². The van der Waals surface area contributed by atoms with Crippen molar-refractivity contribution in [2.75, 3.05) is 0 Å². The normalized spacial score (nSPS) is 13.7. The molecule has 2 heterocycles. The summed E-state index contributed by atoms with van der Waals surface area (Å²) in [6.45, 7) is 0. The van der Waals surface area contributed by atoms with E-state index in [0.717, 1.165) is 60.5 Å². The van der Waals surface area contributed by atoms with Gasteiger partial charge in [-0.3, -0.25) is 0 Å². The van der Waals surface area contributed by atoms with E-state index in [9.17, 15) is 24.9 Å². The van der Waals surface area contributed by atoms with Gasteiger partial charge >= 0.3 is 20.2 Å². The molecule has 53 heavy (non-hydrogen) atoms. The van der Waals surface area contributed by atoms with Crippen LogP contribution in [-0.2, 0) is 36.0 Å². The van der Waals surface area contributed by atoms with Gasteiger partial charge in [-0.05, 0) is 87.8 Å². The van der Waals surface area contributed by atoms with Gasteiger partial charge in [-0.15, -0.1) is 0 Å². The van der Waals surface area contributed by atoms with Crippen LogP contribution in [0, 0.1) is 0 Å². The third-order valence-corrected chi connectivity index (χ3v) is 10.8. The molecule has 0 amide bonds. The molecule has 0 aliphatic carbocycles. The second-order valence-corrected chi connectivity index (χ2v) is 13.9. The minimum Gasteiger partial charge on any atom is -0.455 e. The van der Waals surface area contributed by atoms with E-state index in [1.54, 1.807) is 24.3 Å². The summed E-state index contributed by atoms with van der Waals surface area (Å²) in [5.41, 5.74) is 6.60. The Morgan fingerprint density at radius 3 is 1.53 bits per heavy atom. The van der Waals surface area contributed by atoms with Gasteiger partial charge in [0, 0.05) is 27.5 Å². The summed E-state index contributed by atoms with van der Waals surface area (Å²) in [6, 6.07) is 42.9. The van der Waals surface area contributed by atoms with Gasteiger partial charge in [0.05, 0.1) is 5.56 Å². The lowest BCUT2D eigenvalue weighted by Crippen LogP contribution is -2.33. The van der Waals surface area contributed by atoms with Crippen LogP contribution in [0.2, 0.25) is 0 Å².